The Bertz CT molecular complexity index is 657. The van der Waals surface area contributed by atoms with E-state index in [0.717, 1.165) is 12.8 Å². The molecule has 0 spiro atoms. The van der Waals surface area contributed by atoms with Crippen LogP contribution in [0.2, 0.25) is 0 Å². The van der Waals surface area contributed by atoms with E-state index in [-0.39, 0.29) is 11.0 Å². The Morgan fingerprint density at radius 2 is 1.31 bits per heavy atom. The van der Waals surface area contributed by atoms with E-state index in [2.05, 4.69) is 6.92 Å². The van der Waals surface area contributed by atoms with E-state index in [1.165, 1.54) is 102 Å². The molecule has 0 aliphatic rings. The number of hydrogen-bond acceptors (Lipinski definition) is 4. The zero-order chi connectivity index (χ0) is 23.4. The number of phenolic OH excluding ortho intramolecular Hbond substituents is 1. The molecule has 4 nitrogen and oxygen atoms in total. The number of benzene rings is 1. The van der Waals surface area contributed by atoms with Crippen molar-refractivity contribution >= 4 is 24.3 Å². The molecule has 0 aromatic heterocycles. The molecular weight excluding hydrogens is 419 g/mol. The van der Waals surface area contributed by atoms with Crippen LogP contribution in [0.25, 0.3) is 0 Å². The molecular formula is C27H45O4P. The Kier molecular flexibility index (Phi) is 17.1. The predicted octanol–water partition coefficient (Wildman–Crippen LogP) is 6.77. The molecule has 1 atom stereocenters. The minimum atomic E-state index is -2.01. The summed E-state index contributed by atoms with van der Waals surface area (Å²) in [5, 5.41) is 10.1. The van der Waals surface area contributed by atoms with Crippen LogP contribution in [0.15, 0.2) is 24.3 Å². The average Bonchev–Trinajstić information content (AvgIpc) is 2.80. The number of esters is 1. The van der Waals surface area contributed by atoms with Crippen LogP contribution in [0.5, 0.6) is 5.75 Å². The zero-order valence-corrected chi connectivity index (χ0v) is 21.3. The molecule has 0 amide bonds. The van der Waals surface area contributed by atoms with Gasteiger partial charge in [0.2, 0.25) is 5.29 Å². The van der Waals surface area contributed by atoms with Crippen LogP contribution >= 0.6 is 7.77 Å². The van der Waals surface area contributed by atoms with Crippen molar-refractivity contribution < 1.29 is 19.5 Å². The van der Waals surface area contributed by atoms with Gasteiger partial charge in [-0.2, -0.15) is 0 Å². The van der Waals surface area contributed by atoms with Crippen LogP contribution in [-0.2, 0) is 9.53 Å². The molecule has 5 heteroatoms. The molecule has 1 N–H and O–H groups in total. The van der Waals surface area contributed by atoms with Gasteiger partial charge in [0.15, 0.2) is 0 Å². The zero-order valence-electron chi connectivity index (χ0n) is 20.4. The van der Waals surface area contributed by atoms with Gasteiger partial charge in [0.25, 0.3) is 0 Å². The quantitative estimate of drug-likeness (QED) is 0.139. The molecule has 0 aliphatic carbocycles. The van der Waals surface area contributed by atoms with Crippen molar-refractivity contribution in [2.45, 2.75) is 117 Å². The highest BCUT2D eigenvalue weighted by atomic mass is 31.1. The van der Waals surface area contributed by atoms with Crippen molar-refractivity contribution in [2.24, 2.45) is 0 Å². The van der Waals surface area contributed by atoms with E-state index < -0.39 is 13.7 Å². The van der Waals surface area contributed by atoms with Crippen LogP contribution in [-0.4, -0.2) is 23.0 Å². The third-order valence-electron chi connectivity index (χ3n) is 5.90. The first-order chi connectivity index (χ1) is 15.6. The van der Waals surface area contributed by atoms with Crippen molar-refractivity contribution in [3.8, 4) is 5.75 Å². The van der Waals surface area contributed by atoms with Gasteiger partial charge in [-0.3, -0.25) is 0 Å². The third-order valence-corrected chi connectivity index (χ3v) is 7.43. The second-order valence-electron chi connectivity index (χ2n) is 8.84. The fourth-order valence-corrected chi connectivity index (χ4v) is 4.90. The molecule has 1 aromatic carbocycles. The smallest absolute Gasteiger partial charge is 0.376 e. The van der Waals surface area contributed by atoms with E-state index in [1.54, 1.807) is 19.1 Å². The number of phenols is 1. The number of carbonyl (C=O) groups is 1. The van der Waals surface area contributed by atoms with Crippen LogP contribution in [0.4, 0.5) is 0 Å². The van der Waals surface area contributed by atoms with Gasteiger partial charge in [0, 0.05) is 13.0 Å². The summed E-state index contributed by atoms with van der Waals surface area (Å²) < 4.78 is 5.27. The molecule has 0 fully saturated rings. The van der Waals surface area contributed by atoms with Gasteiger partial charge < -0.3 is 14.7 Å². The summed E-state index contributed by atoms with van der Waals surface area (Å²) in [6, 6.07) is 6.19. The molecule has 0 bridgehead atoms. The summed E-state index contributed by atoms with van der Waals surface area (Å²) in [5.74, 6) is -0.462. The van der Waals surface area contributed by atoms with Crippen molar-refractivity contribution in [3.63, 3.8) is 0 Å². The van der Waals surface area contributed by atoms with Gasteiger partial charge >= 0.3 is 5.97 Å². The first-order valence-corrected chi connectivity index (χ1v) is 14.1. The molecule has 1 rings (SSSR count). The lowest BCUT2D eigenvalue weighted by Gasteiger charge is -2.06. The fraction of sp³-hybridized carbons (Fsp3) is 0.704. The monoisotopic (exact) mass is 464 g/mol. The molecule has 1 aromatic rings. The van der Waals surface area contributed by atoms with E-state index in [1.807, 2.05) is 0 Å². The Morgan fingerprint density at radius 1 is 0.844 bits per heavy atom. The fourth-order valence-electron chi connectivity index (χ4n) is 3.82. The molecule has 0 aliphatic heterocycles. The maximum absolute atomic E-state index is 12.4. The minimum Gasteiger partial charge on any atom is -0.625 e. The number of unbranched alkanes of at least 4 members (excludes halogenated alkanes) is 15. The van der Waals surface area contributed by atoms with Crippen molar-refractivity contribution in [1.29, 1.82) is 0 Å². The summed E-state index contributed by atoms with van der Waals surface area (Å²) in [5.41, 5.74) is 0. The lowest BCUT2D eigenvalue weighted by Crippen LogP contribution is -2.20. The molecule has 1 unspecified atom stereocenters. The summed E-state index contributed by atoms with van der Waals surface area (Å²) in [7, 11) is -2.01. The summed E-state index contributed by atoms with van der Waals surface area (Å²) in [6.45, 7) is 4.18. The Morgan fingerprint density at radius 3 is 1.78 bits per heavy atom. The highest BCUT2D eigenvalue weighted by Gasteiger charge is 2.18. The van der Waals surface area contributed by atoms with E-state index in [9.17, 15) is 14.8 Å². The standard InChI is InChI=1S/C27H45O4P/c1-3-4-5-6-7-8-9-10-11-12-13-14-15-16-17-18-22-31-27(29)24(2)32(30)26-21-19-20-25(28)23-26/h19-21,23,28H,3-18,22H2,1-2H3. The number of aromatic hydroxyl groups is 1. The highest BCUT2D eigenvalue weighted by Crippen LogP contribution is 2.18. The summed E-state index contributed by atoms with van der Waals surface area (Å²) in [4.78, 5) is 24.5. The summed E-state index contributed by atoms with van der Waals surface area (Å²) in [6.07, 6.45) is 20.9. The van der Waals surface area contributed by atoms with E-state index in [0.29, 0.717) is 11.9 Å². The van der Waals surface area contributed by atoms with Gasteiger partial charge in [0.1, 0.15) is 18.8 Å². The molecule has 0 heterocycles. The van der Waals surface area contributed by atoms with Crippen LogP contribution in [0.1, 0.15) is 117 Å². The SMILES string of the molecule is CCCCCCCCCCCCCCCCCCOC(=O)C(C)=[P+]([O-])c1cccc(O)c1. The third kappa shape index (κ3) is 13.9. The second kappa shape index (κ2) is 19.1. The number of ether oxygens (including phenoxy) is 1. The summed E-state index contributed by atoms with van der Waals surface area (Å²) >= 11 is 0. The lowest BCUT2D eigenvalue weighted by molar-refractivity contribution is -0.150. The molecule has 32 heavy (non-hydrogen) atoms. The Balaban J connectivity index is 1.95. The van der Waals surface area contributed by atoms with Gasteiger partial charge in [-0.25, -0.2) is 4.79 Å². The average molecular weight is 465 g/mol. The second-order valence-corrected chi connectivity index (χ2v) is 10.6. The number of carbonyl (C=O) groups excluding carboxylic acids is 1. The Hall–Kier alpha value is -1.38. The molecule has 0 saturated heterocycles. The first-order valence-electron chi connectivity index (χ1n) is 12.8. The van der Waals surface area contributed by atoms with Crippen molar-refractivity contribution in [2.75, 3.05) is 6.61 Å². The van der Waals surface area contributed by atoms with E-state index in [4.69, 9.17) is 4.74 Å². The van der Waals surface area contributed by atoms with Crippen LogP contribution < -0.4 is 10.2 Å². The maximum atomic E-state index is 12.4. The van der Waals surface area contributed by atoms with Gasteiger partial charge in [0.05, 0.1) is 6.61 Å². The minimum absolute atomic E-state index is 0.0418. The lowest BCUT2D eigenvalue weighted by atomic mass is 10.0. The molecule has 0 saturated carbocycles. The Labute approximate surface area is 197 Å². The largest absolute Gasteiger partial charge is 0.625 e. The molecule has 182 valence electrons. The van der Waals surface area contributed by atoms with E-state index >= 15 is 0 Å². The predicted molar refractivity (Wildman–Crippen MR) is 136 cm³/mol. The topological polar surface area (TPSA) is 69.6 Å². The first kappa shape index (κ1) is 28.7. The maximum Gasteiger partial charge on any atom is 0.376 e. The van der Waals surface area contributed by atoms with Gasteiger partial charge in [-0.1, -0.05) is 109 Å². The number of hydrogen-bond donors (Lipinski definition) is 1. The van der Waals surface area contributed by atoms with Crippen molar-refractivity contribution in [1.82, 2.24) is 0 Å². The normalized spacial score (nSPS) is 12.0. The highest BCUT2D eigenvalue weighted by molar-refractivity contribution is 7.61. The van der Waals surface area contributed by atoms with Crippen molar-refractivity contribution in [3.05, 3.63) is 24.3 Å². The van der Waals surface area contributed by atoms with Crippen LogP contribution in [0, 0.1) is 0 Å². The number of rotatable bonds is 19. The molecule has 0 radical (unpaired) electrons. The van der Waals surface area contributed by atoms with Gasteiger partial charge in [-0.15, -0.1) is 0 Å². The van der Waals surface area contributed by atoms with Crippen LogP contribution in [0.3, 0.4) is 0 Å². The van der Waals surface area contributed by atoms with Gasteiger partial charge in [-0.05, 0) is 18.6 Å².